The smallest absolute Gasteiger partial charge is 0.416 e. The number of hydrogen-bond acceptors (Lipinski definition) is 4. The van der Waals surface area contributed by atoms with Gasteiger partial charge in [-0.3, -0.25) is 0 Å². The van der Waals surface area contributed by atoms with E-state index in [1.165, 1.54) is 23.3 Å². The SMILES string of the molecule is Cc1ccc(N2COc3ccc(Cc4ccc5c(c4)CN(c4ccc(C(F)(F)F)cc4)CO5)cc3C2)cc1. The molecule has 194 valence electrons. The van der Waals surface area contributed by atoms with E-state index in [1.54, 1.807) is 0 Å². The number of halogens is 3. The van der Waals surface area contributed by atoms with Gasteiger partial charge in [0.1, 0.15) is 11.5 Å². The Labute approximate surface area is 219 Å². The van der Waals surface area contributed by atoms with Crippen molar-refractivity contribution in [1.29, 1.82) is 0 Å². The van der Waals surface area contributed by atoms with Gasteiger partial charge in [-0.2, -0.15) is 13.2 Å². The van der Waals surface area contributed by atoms with Gasteiger partial charge in [-0.05, 0) is 85.1 Å². The zero-order valence-electron chi connectivity index (χ0n) is 21.0. The fourth-order valence-electron chi connectivity index (χ4n) is 5.00. The van der Waals surface area contributed by atoms with Crippen molar-refractivity contribution in [2.24, 2.45) is 0 Å². The van der Waals surface area contributed by atoms with Crippen LogP contribution in [0.1, 0.15) is 33.4 Å². The van der Waals surface area contributed by atoms with Gasteiger partial charge in [0.05, 0.1) is 5.56 Å². The Morgan fingerprint density at radius 3 is 1.61 bits per heavy atom. The normalized spacial score (nSPS) is 14.8. The first-order valence-corrected chi connectivity index (χ1v) is 12.5. The summed E-state index contributed by atoms with van der Waals surface area (Å²) in [5.41, 5.74) is 6.92. The Bertz CT molecular complexity index is 1450. The molecule has 4 aromatic carbocycles. The lowest BCUT2D eigenvalue weighted by Crippen LogP contribution is -2.32. The number of rotatable bonds is 4. The van der Waals surface area contributed by atoms with Crippen molar-refractivity contribution in [3.05, 3.63) is 118 Å². The molecule has 2 heterocycles. The van der Waals surface area contributed by atoms with Crippen molar-refractivity contribution in [2.45, 2.75) is 32.6 Å². The quantitative estimate of drug-likeness (QED) is 0.284. The molecule has 0 aliphatic carbocycles. The summed E-state index contributed by atoms with van der Waals surface area (Å²) in [6.45, 7) is 4.25. The molecule has 0 bridgehead atoms. The van der Waals surface area contributed by atoms with Crippen LogP contribution in [0.15, 0.2) is 84.9 Å². The van der Waals surface area contributed by atoms with Crippen molar-refractivity contribution in [3.8, 4) is 11.5 Å². The summed E-state index contributed by atoms with van der Waals surface area (Å²) in [6.07, 6.45) is -3.59. The average Bonchev–Trinajstić information content (AvgIpc) is 2.92. The molecule has 6 rings (SSSR count). The fraction of sp³-hybridized carbons (Fsp3) is 0.226. The monoisotopic (exact) mass is 516 g/mol. The van der Waals surface area contributed by atoms with Crippen LogP contribution in [0.2, 0.25) is 0 Å². The van der Waals surface area contributed by atoms with E-state index >= 15 is 0 Å². The number of ether oxygens (including phenoxy) is 2. The summed E-state index contributed by atoms with van der Waals surface area (Å²) in [4.78, 5) is 4.15. The Morgan fingerprint density at radius 2 is 1.13 bits per heavy atom. The fourth-order valence-corrected chi connectivity index (χ4v) is 5.00. The molecule has 0 N–H and O–H groups in total. The van der Waals surface area contributed by atoms with Gasteiger partial charge in [-0.25, -0.2) is 0 Å². The molecular weight excluding hydrogens is 489 g/mol. The molecule has 7 heteroatoms. The number of hydrogen-bond donors (Lipinski definition) is 0. The van der Waals surface area contributed by atoms with Crippen LogP contribution in [-0.2, 0) is 25.7 Å². The number of benzene rings is 4. The summed E-state index contributed by atoms with van der Waals surface area (Å²) >= 11 is 0. The molecule has 0 atom stereocenters. The van der Waals surface area contributed by atoms with Crippen LogP contribution < -0.4 is 19.3 Å². The van der Waals surface area contributed by atoms with Crippen LogP contribution in [0.4, 0.5) is 24.5 Å². The summed E-state index contributed by atoms with van der Waals surface area (Å²) in [7, 11) is 0. The minimum Gasteiger partial charge on any atom is -0.473 e. The third kappa shape index (κ3) is 5.01. The standard InChI is InChI=1S/C31H27F3N2O2/c1-21-2-8-27(9-3-21)35-17-24-15-22(4-12-29(24)37-19-35)14-23-5-13-30-25(16-23)18-36(20-38-30)28-10-6-26(7-11-28)31(32,33)34/h2-13,15-16H,14,17-20H2,1H3. The van der Waals surface area contributed by atoms with Gasteiger partial charge in [0.15, 0.2) is 13.5 Å². The van der Waals surface area contributed by atoms with Crippen LogP contribution in [-0.4, -0.2) is 13.5 Å². The van der Waals surface area contributed by atoms with Gasteiger partial charge in [-0.1, -0.05) is 29.8 Å². The first-order chi connectivity index (χ1) is 18.3. The molecule has 4 aromatic rings. The van der Waals surface area contributed by atoms with E-state index in [2.05, 4.69) is 60.4 Å². The highest BCUT2D eigenvalue weighted by atomic mass is 19.4. The molecule has 0 fully saturated rings. The minimum atomic E-state index is -4.35. The van der Waals surface area contributed by atoms with Crippen molar-refractivity contribution in [2.75, 3.05) is 23.3 Å². The molecular formula is C31H27F3N2O2. The largest absolute Gasteiger partial charge is 0.473 e. The summed E-state index contributed by atoms with van der Waals surface area (Å²) in [5.74, 6) is 1.73. The highest BCUT2D eigenvalue weighted by Gasteiger charge is 2.30. The second kappa shape index (κ2) is 9.63. The van der Waals surface area contributed by atoms with Crippen molar-refractivity contribution < 1.29 is 22.6 Å². The number of anilines is 2. The van der Waals surface area contributed by atoms with Crippen molar-refractivity contribution in [3.63, 3.8) is 0 Å². The lowest BCUT2D eigenvalue weighted by molar-refractivity contribution is -0.137. The molecule has 0 unspecified atom stereocenters. The number of aryl methyl sites for hydroxylation is 1. The van der Waals surface area contributed by atoms with Crippen molar-refractivity contribution in [1.82, 2.24) is 0 Å². The van der Waals surface area contributed by atoms with Gasteiger partial charge in [0.25, 0.3) is 0 Å². The highest BCUT2D eigenvalue weighted by molar-refractivity contribution is 5.53. The van der Waals surface area contributed by atoms with Crippen LogP contribution in [0, 0.1) is 6.92 Å². The zero-order valence-corrected chi connectivity index (χ0v) is 21.0. The van der Waals surface area contributed by atoms with Gasteiger partial charge in [-0.15, -0.1) is 0 Å². The van der Waals surface area contributed by atoms with E-state index in [0.29, 0.717) is 25.7 Å². The Kier molecular flexibility index (Phi) is 6.14. The molecule has 0 aromatic heterocycles. The highest BCUT2D eigenvalue weighted by Crippen LogP contribution is 2.34. The molecule has 0 spiro atoms. The van der Waals surface area contributed by atoms with Crippen LogP contribution in [0.25, 0.3) is 0 Å². The maximum Gasteiger partial charge on any atom is 0.416 e. The van der Waals surface area contributed by atoms with E-state index in [0.717, 1.165) is 59.0 Å². The van der Waals surface area contributed by atoms with Crippen LogP contribution >= 0.6 is 0 Å². The molecule has 2 aliphatic heterocycles. The van der Waals surface area contributed by atoms with E-state index in [9.17, 15) is 13.2 Å². The Balaban J connectivity index is 1.17. The maximum atomic E-state index is 12.9. The topological polar surface area (TPSA) is 24.9 Å². The minimum absolute atomic E-state index is 0.292. The first-order valence-electron chi connectivity index (χ1n) is 12.5. The Hall–Kier alpha value is -4.13. The molecule has 0 saturated heterocycles. The van der Waals surface area contributed by atoms with E-state index in [-0.39, 0.29) is 0 Å². The maximum absolute atomic E-state index is 12.9. The predicted molar refractivity (Wildman–Crippen MR) is 142 cm³/mol. The van der Waals surface area contributed by atoms with Gasteiger partial charge in [0, 0.05) is 35.6 Å². The molecule has 0 amide bonds. The number of nitrogens with zero attached hydrogens (tertiary/aromatic N) is 2. The lowest BCUT2D eigenvalue weighted by atomic mass is 9.99. The molecule has 0 radical (unpaired) electrons. The van der Waals surface area contributed by atoms with Gasteiger partial charge < -0.3 is 19.3 Å². The van der Waals surface area contributed by atoms with E-state index in [4.69, 9.17) is 9.47 Å². The van der Waals surface area contributed by atoms with Gasteiger partial charge >= 0.3 is 6.18 Å². The first kappa shape index (κ1) is 24.2. The van der Waals surface area contributed by atoms with Gasteiger partial charge in [0.2, 0.25) is 0 Å². The van der Waals surface area contributed by atoms with E-state index < -0.39 is 11.7 Å². The van der Waals surface area contributed by atoms with E-state index in [1.807, 2.05) is 17.0 Å². The Morgan fingerprint density at radius 1 is 0.658 bits per heavy atom. The molecule has 38 heavy (non-hydrogen) atoms. The second-order valence-corrected chi connectivity index (χ2v) is 9.88. The molecule has 0 saturated carbocycles. The second-order valence-electron chi connectivity index (χ2n) is 9.88. The zero-order chi connectivity index (χ0) is 26.3. The number of fused-ring (bicyclic) bond motifs is 2. The third-order valence-electron chi connectivity index (χ3n) is 7.09. The summed E-state index contributed by atoms with van der Waals surface area (Å²) < 4.78 is 50.7. The average molecular weight is 517 g/mol. The predicted octanol–water partition coefficient (Wildman–Crippen LogP) is 7.32. The van der Waals surface area contributed by atoms with Crippen molar-refractivity contribution >= 4 is 11.4 Å². The molecule has 4 nitrogen and oxygen atoms in total. The number of alkyl halides is 3. The summed E-state index contributed by atoms with van der Waals surface area (Å²) in [5, 5.41) is 0. The molecule has 2 aliphatic rings. The lowest BCUT2D eigenvalue weighted by Gasteiger charge is -2.31. The van der Waals surface area contributed by atoms with Crippen LogP contribution in [0.5, 0.6) is 11.5 Å². The summed E-state index contributed by atoms with van der Waals surface area (Å²) in [6, 6.07) is 26.2. The van der Waals surface area contributed by atoms with Crippen LogP contribution in [0.3, 0.4) is 0 Å². The third-order valence-corrected chi connectivity index (χ3v) is 7.09.